The second kappa shape index (κ2) is 5.52. The summed E-state index contributed by atoms with van der Waals surface area (Å²) >= 11 is 0. The molecule has 1 fully saturated rings. The molecule has 2 heterocycles. The van der Waals surface area contributed by atoms with Crippen molar-refractivity contribution in [3.05, 3.63) is 51.9 Å². The summed E-state index contributed by atoms with van der Waals surface area (Å²) in [6.07, 6.45) is -4.97. The third-order valence-corrected chi connectivity index (χ3v) is 4.03. The number of para-hydroxylation sites is 1. The van der Waals surface area contributed by atoms with Crippen LogP contribution in [0.2, 0.25) is 0 Å². The van der Waals surface area contributed by atoms with E-state index in [0.29, 0.717) is 5.69 Å². The molecule has 0 radical (unpaired) electrons. The van der Waals surface area contributed by atoms with Crippen molar-refractivity contribution in [3.8, 4) is 5.69 Å². The van der Waals surface area contributed by atoms with Crippen LogP contribution in [0.3, 0.4) is 0 Å². The van der Waals surface area contributed by atoms with Gasteiger partial charge >= 0.3 is 6.18 Å². The molecule has 128 valence electrons. The lowest BCUT2D eigenvalue weighted by Gasteiger charge is -2.37. The van der Waals surface area contributed by atoms with Crippen molar-refractivity contribution >= 4 is 5.91 Å². The molecule has 1 atom stereocenters. The van der Waals surface area contributed by atoms with E-state index < -0.39 is 28.7 Å². The lowest BCUT2D eigenvalue weighted by molar-refractivity contribution is -0.206. The van der Waals surface area contributed by atoms with Crippen molar-refractivity contribution in [3.63, 3.8) is 0 Å². The molecule has 0 aliphatic carbocycles. The first-order valence-corrected chi connectivity index (χ1v) is 7.26. The van der Waals surface area contributed by atoms with Gasteiger partial charge in [0.2, 0.25) is 5.54 Å². The average molecular weight is 340 g/mol. The van der Waals surface area contributed by atoms with Crippen LogP contribution < -0.4 is 16.2 Å². The minimum atomic E-state index is -4.97. The normalized spacial score (nSPS) is 21.6. The van der Waals surface area contributed by atoms with Gasteiger partial charge in [-0.2, -0.15) is 13.2 Å². The molecule has 0 saturated carbocycles. The van der Waals surface area contributed by atoms with Gasteiger partial charge in [0.25, 0.3) is 11.5 Å². The Labute approximate surface area is 134 Å². The molecule has 0 bridgehead atoms. The number of alkyl halides is 3. The summed E-state index contributed by atoms with van der Waals surface area (Å²) in [7, 11) is 0. The van der Waals surface area contributed by atoms with Crippen LogP contribution in [0.5, 0.6) is 0 Å². The highest BCUT2D eigenvalue weighted by Gasteiger charge is 2.64. The summed E-state index contributed by atoms with van der Waals surface area (Å²) in [5.41, 5.74) is -4.27. The number of nitrogens with one attached hydrogen (secondary N) is 3. The fourth-order valence-electron chi connectivity index (χ4n) is 2.96. The van der Waals surface area contributed by atoms with E-state index in [4.69, 9.17) is 0 Å². The molecule has 1 aromatic heterocycles. The Morgan fingerprint density at radius 3 is 2.38 bits per heavy atom. The summed E-state index contributed by atoms with van der Waals surface area (Å²) in [4.78, 5) is 24.9. The molecule has 1 aliphatic heterocycles. The average Bonchev–Trinajstić information content (AvgIpc) is 2.83. The van der Waals surface area contributed by atoms with Crippen molar-refractivity contribution in [1.29, 1.82) is 0 Å². The van der Waals surface area contributed by atoms with Crippen LogP contribution in [0.15, 0.2) is 35.1 Å². The van der Waals surface area contributed by atoms with Crippen LogP contribution in [-0.2, 0) is 10.3 Å². The van der Waals surface area contributed by atoms with Crippen molar-refractivity contribution < 1.29 is 18.0 Å². The number of hydrogen-bond donors (Lipinski definition) is 3. The molecular formula is C15H15F3N4O2. The van der Waals surface area contributed by atoms with E-state index in [-0.39, 0.29) is 18.8 Å². The van der Waals surface area contributed by atoms with Crippen LogP contribution in [0.1, 0.15) is 11.3 Å². The van der Waals surface area contributed by atoms with E-state index in [0.717, 1.165) is 4.68 Å². The second-order valence-electron chi connectivity index (χ2n) is 5.52. The van der Waals surface area contributed by atoms with Crippen LogP contribution in [0.4, 0.5) is 13.2 Å². The van der Waals surface area contributed by atoms with E-state index in [2.05, 4.69) is 15.7 Å². The Bertz CT molecular complexity index is 825. The smallest absolute Gasteiger partial charge is 0.353 e. The molecule has 6 nitrogen and oxygen atoms in total. The predicted molar refractivity (Wildman–Crippen MR) is 79.9 cm³/mol. The van der Waals surface area contributed by atoms with Gasteiger partial charge in [-0.1, -0.05) is 18.2 Å². The lowest BCUT2D eigenvalue weighted by atomic mass is 9.86. The Morgan fingerprint density at radius 1 is 1.12 bits per heavy atom. The van der Waals surface area contributed by atoms with Gasteiger partial charge in [0.1, 0.15) is 0 Å². The van der Waals surface area contributed by atoms with E-state index in [1.165, 1.54) is 6.92 Å². The number of piperazine rings is 1. The van der Waals surface area contributed by atoms with E-state index >= 15 is 0 Å². The molecule has 1 saturated heterocycles. The van der Waals surface area contributed by atoms with E-state index in [1.807, 2.05) is 0 Å². The fraction of sp³-hybridized carbons (Fsp3) is 0.333. The number of carbonyl (C=O) groups excluding carboxylic acids is 1. The maximum Gasteiger partial charge on any atom is 0.420 e. The van der Waals surface area contributed by atoms with E-state index in [1.54, 1.807) is 30.3 Å². The highest BCUT2D eigenvalue weighted by atomic mass is 19.4. The third-order valence-electron chi connectivity index (χ3n) is 4.03. The maximum absolute atomic E-state index is 13.8. The highest BCUT2D eigenvalue weighted by molar-refractivity contribution is 5.89. The van der Waals surface area contributed by atoms with Gasteiger partial charge < -0.3 is 5.32 Å². The Hall–Kier alpha value is -2.55. The van der Waals surface area contributed by atoms with Crippen molar-refractivity contribution in [2.24, 2.45) is 0 Å². The number of H-pyrrole nitrogens is 1. The largest absolute Gasteiger partial charge is 0.420 e. The molecule has 0 spiro atoms. The van der Waals surface area contributed by atoms with Gasteiger partial charge in [-0.25, -0.2) is 4.68 Å². The first-order chi connectivity index (χ1) is 11.3. The van der Waals surface area contributed by atoms with Crippen LogP contribution in [-0.4, -0.2) is 35.0 Å². The number of rotatable bonds is 2. The monoisotopic (exact) mass is 340 g/mol. The number of hydrogen-bond acceptors (Lipinski definition) is 3. The number of benzene rings is 1. The Kier molecular flexibility index (Phi) is 3.75. The Balaban J connectivity index is 2.26. The second-order valence-corrected chi connectivity index (χ2v) is 5.52. The first-order valence-electron chi connectivity index (χ1n) is 7.26. The zero-order valence-corrected chi connectivity index (χ0v) is 12.7. The molecule has 9 heteroatoms. The van der Waals surface area contributed by atoms with Crippen LogP contribution in [0.25, 0.3) is 5.69 Å². The molecule has 1 amide bonds. The van der Waals surface area contributed by atoms with Gasteiger partial charge in [0.15, 0.2) is 0 Å². The SMILES string of the molecule is Cc1[nH]n(-c2ccccc2)c(=O)c1[C@@]1(C(F)(F)F)NCCNC1=O. The standard InChI is InChI=1S/C15H15F3N4O2/c1-9-11(12(23)22(21-9)10-5-3-2-4-6-10)14(15(16,17)18)13(24)19-7-8-20-14/h2-6,20-21H,7-8H2,1H3,(H,19,24)/t14-/m1/s1. The fourth-order valence-corrected chi connectivity index (χ4v) is 2.96. The summed E-state index contributed by atoms with van der Waals surface area (Å²) in [5, 5.41) is 7.04. The molecule has 2 aromatic rings. The molecule has 3 rings (SSSR count). The molecule has 0 unspecified atom stereocenters. The zero-order chi connectivity index (χ0) is 17.5. The van der Waals surface area contributed by atoms with Crippen LogP contribution in [0, 0.1) is 6.92 Å². The quantitative estimate of drug-likeness (QED) is 0.762. The van der Waals surface area contributed by atoms with Crippen molar-refractivity contribution in [1.82, 2.24) is 20.4 Å². The van der Waals surface area contributed by atoms with Gasteiger partial charge in [0, 0.05) is 18.8 Å². The Morgan fingerprint density at radius 2 is 1.79 bits per heavy atom. The number of halogens is 3. The third kappa shape index (κ3) is 2.23. The molecular weight excluding hydrogens is 325 g/mol. The zero-order valence-electron chi connectivity index (χ0n) is 12.7. The van der Waals surface area contributed by atoms with Gasteiger partial charge in [-0.15, -0.1) is 0 Å². The van der Waals surface area contributed by atoms with Gasteiger partial charge in [-0.05, 0) is 19.1 Å². The predicted octanol–water partition coefficient (Wildman–Crippen LogP) is 0.951. The topological polar surface area (TPSA) is 78.9 Å². The number of carbonyl (C=O) groups is 1. The van der Waals surface area contributed by atoms with Crippen molar-refractivity contribution in [2.75, 3.05) is 13.1 Å². The molecule has 1 aromatic carbocycles. The van der Waals surface area contributed by atoms with Gasteiger partial charge in [-0.3, -0.25) is 20.0 Å². The minimum absolute atomic E-state index is 0.0225. The number of nitrogens with zero attached hydrogens (tertiary/aromatic N) is 1. The van der Waals surface area contributed by atoms with Gasteiger partial charge in [0.05, 0.1) is 11.3 Å². The first kappa shape index (κ1) is 16.3. The summed E-state index contributed by atoms with van der Waals surface area (Å²) in [5.74, 6) is -1.28. The summed E-state index contributed by atoms with van der Waals surface area (Å²) in [6, 6.07) is 8.19. The molecule has 3 N–H and O–H groups in total. The molecule has 1 aliphatic rings. The lowest BCUT2D eigenvalue weighted by Crippen LogP contribution is -2.69. The van der Waals surface area contributed by atoms with E-state index in [9.17, 15) is 22.8 Å². The van der Waals surface area contributed by atoms with Crippen molar-refractivity contribution in [2.45, 2.75) is 18.6 Å². The highest BCUT2D eigenvalue weighted by Crippen LogP contribution is 2.40. The maximum atomic E-state index is 13.8. The number of aromatic nitrogens is 2. The summed E-state index contributed by atoms with van der Waals surface area (Å²) < 4.78 is 42.5. The summed E-state index contributed by atoms with van der Waals surface area (Å²) in [6.45, 7) is 1.31. The van der Waals surface area contributed by atoms with Crippen LogP contribution >= 0.6 is 0 Å². The number of aromatic amines is 1. The number of aryl methyl sites for hydroxylation is 1. The number of amides is 1. The minimum Gasteiger partial charge on any atom is -0.353 e. The molecule has 24 heavy (non-hydrogen) atoms.